The van der Waals surface area contributed by atoms with Crippen LogP contribution in [0.5, 0.6) is 0 Å². The number of nitrogens with zero attached hydrogens (tertiary/aromatic N) is 3. The third-order valence-electron chi connectivity index (χ3n) is 3.23. The van der Waals surface area contributed by atoms with Crippen LogP contribution < -0.4 is 5.32 Å². The first-order valence-corrected chi connectivity index (χ1v) is 7.43. The number of likely N-dealkylation sites (N-methyl/N-ethyl adjacent to an activating group) is 1. The minimum atomic E-state index is -0.0579. The number of hydrogen-bond donors (Lipinski definition) is 1. The summed E-state index contributed by atoms with van der Waals surface area (Å²) in [5.41, 5.74) is 0. The van der Waals surface area contributed by atoms with E-state index in [9.17, 15) is 0 Å². The van der Waals surface area contributed by atoms with Crippen LogP contribution in [-0.4, -0.2) is 59.8 Å². The Hall–Kier alpha value is -0.630. The van der Waals surface area contributed by atoms with E-state index in [2.05, 4.69) is 27.4 Å². The Kier molecular flexibility index (Phi) is 3.83. The Bertz CT molecular complexity index is 394. The maximum absolute atomic E-state index is 5.68. The van der Waals surface area contributed by atoms with Crippen molar-refractivity contribution in [2.75, 3.05) is 44.8 Å². The van der Waals surface area contributed by atoms with Gasteiger partial charge in [0.05, 0.1) is 12.6 Å². The van der Waals surface area contributed by atoms with Gasteiger partial charge in [-0.25, -0.2) is 0 Å². The third-order valence-corrected chi connectivity index (χ3v) is 4.30. The third kappa shape index (κ3) is 2.69. The molecule has 0 aromatic carbocycles. The normalized spacial score (nSPS) is 30.5. The summed E-state index contributed by atoms with van der Waals surface area (Å²) in [6, 6.07) is 0.186. The first kappa shape index (κ1) is 12.4. The van der Waals surface area contributed by atoms with Crippen molar-refractivity contribution in [1.82, 2.24) is 20.4 Å². The van der Waals surface area contributed by atoms with Gasteiger partial charge >= 0.3 is 0 Å². The number of hydrogen-bond acceptors (Lipinski definition) is 7. The molecule has 2 saturated heterocycles. The first-order chi connectivity index (χ1) is 8.83. The predicted octanol–water partition coefficient (Wildman–Crippen LogP) is 0.450. The zero-order valence-corrected chi connectivity index (χ0v) is 11.3. The monoisotopic (exact) mass is 270 g/mol. The molecule has 0 saturated carbocycles. The van der Waals surface area contributed by atoms with Crippen LogP contribution in [-0.2, 0) is 4.74 Å². The van der Waals surface area contributed by atoms with Gasteiger partial charge in [-0.2, -0.15) is 16.7 Å². The zero-order valence-electron chi connectivity index (χ0n) is 10.5. The van der Waals surface area contributed by atoms with Gasteiger partial charge in [-0.1, -0.05) is 5.16 Å². The van der Waals surface area contributed by atoms with Crippen molar-refractivity contribution in [2.24, 2.45) is 0 Å². The molecule has 7 heteroatoms. The molecule has 0 amide bonds. The number of aromatic nitrogens is 2. The molecule has 0 aliphatic carbocycles. The lowest BCUT2D eigenvalue weighted by atomic mass is 10.2. The standard InChI is InChI=1S/C11H18N4O2S/c1-15-3-4-16-9(6-15)10-13-11(17-14-10)8-7-18-5-2-12-8/h8-9,12H,2-7H2,1H3. The molecule has 0 spiro atoms. The van der Waals surface area contributed by atoms with E-state index >= 15 is 0 Å². The Balaban J connectivity index is 1.68. The summed E-state index contributed by atoms with van der Waals surface area (Å²) in [5.74, 6) is 3.50. The van der Waals surface area contributed by atoms with Crippen LogP contribution in [0, 0.1) is 0 Å². The van der Waals surface area contributed by atoms with Crippen LogP contribution in [0.2, 0.25) is 0 Å². The Morgan fingerprint density at radius 1 is 1.50 bits per heavy atom. The SMILES string of the molecule is CN1CCOC(c2noc(C3CSCCN3)n2)C1. The molecule has 2 fully saturated rings. The molecule has 3 rings (SSSR count). The quantitative estimate of drug-likeness (QED) is 0.837. The van der Waals surface area contributed by atoms with Crippen molar-refractivity contribution in [2.45, 2.75) is 12.1 Å². The van der Waals surface area contributed by atoms with Crippen molar-refractivity contribution in [3.8, 4) is 0 Å². The molecule has 1 aromatic heterocycles. The smallest absolute Gasteiger partial charge is 0.244 e. The van der Waals surface area contributed by atoms with E-state index < -0.39 is 0 Å². The molecular weight excluding hydrogens is 252 g/mol. The highest BCUT2D eigenvalue weighted by atomic mass is 32.2. The molecule has 0 bridgehead atoms. The van der Waals surface area contributed by atoms with Gasteiger partial charge in [0.15, 0.2) is 0 Å². The van der Waals surface area contributed by atoms with Crippen molar-refractivity contribution in [1.29, 1.82) is 0 Å². The lowest BCUT2D eigenvalue weighted by molar-refractivity contribution is -0.0264. The molecule has 6 nitrogen and oxygen atoms in total. The van der Waals surface area contributed by atoms with E-state index in [0.717, 1.165) is 37.7 Å². The molecule has 2 aliphatic heterocycles. The summed E-state index contributed by atoms with van der Waals surface area (Å²) in [7, 11) is 2.08. The van der Waals surface area contributed by atoms with Crippen LogP contribution in [0.15, 0.2) is 4.52 Å². The van der Waals surface area contributed by atoms with E-state index in [1.165, 1.54) is 0 Å². The summed E-state index contributed by atoms with van der Waals surface area (Å²) < 4.78 is 11.0. The summed E-state index contributed by atoms with van der Waals surface area (Å²) in [4.78, 5) is 6.71. The Labute approximate surface area is 110 Å². The topological polar surface area (TPSA) is 63.4 Å². The highest BCUT2D eigenvalue weighted by Gasteiger charge is 2.27. The lowest BCUT2D eigenvalue weighted by Crippen LogP contribution is -2.35. The second kappa shape index (κ2) is 5.56. The molecule has 100 valence electrons. The van der Waals surface area contributed by atoms with Crippen LogP contribution in [0.1, 0.15) is 23.9 Å². The molecule has 2 unspecified atom stereocenters. The second-order valence-corrected chi connectivity index (χ2v) is 5.84. The number of ether oxygens (including phenoxy) is 1. The van der Waals surface area contributed by atoms with E-state index in [1.807, 2.05) is 11.8 Å². The molecular formula is C11H18N4O2S. The van der Waals surface area contributed by atoms with Crippen LogP contribution in [0.4, 0.5) is 0 Å². The molecule has 1 N–H and O–H groups in total. The van der Waals surface area contributed by atoms with Gasteiger partial charge in [0, 0.05) is 31.1 Å². The molecule has 2 aliphatic rings. The Morgan fingerprint density at radius 3 is 3.22 bits per heavy atom. The van der Waals surface area contributed by atoms with Gasteiger partial charge in [-0.15, -0.1) is 0 Å². The molecule has 0 radical (unpaired) electrons. The number of nitrogens with one attached hydrogen (secondary N) is 1. The molecule has 18 heavy (non-hydrogen) atoms. The predicted molar refractivity (Wildman–Crippen MR) is 68.6 cm³/mol. The van der Waals surface area contributed by atoms with Gasteiger partial charge in [-0.05, 0) is 7.05 Å². The van der Waals surface area contributed by atoms with Crippen LogP contribution in [0.25, 0.3) is 0 Å². The minimum absolute atomic E-state index is 0.0579. The van der Waals surface area contributed by atoms with Crippen LogP contribution in [0.3, 0.4) is 0 Å². The molecule has 1 aromatic rings. The zero-order chi connectivity index (χ0) is 12.4. The highest BCUT2D eigenvalue weighted by molar-refractivity contribution is 7.99. The van der Waals surface area contributed by atoms with Crippen molar-refractivity contribution in [3.05, 3.63) is 11.7 Å². The van der Waals surface area contributed by atoms with Crippen molar-refractivity contribution < 1.29 is 9.26 Å². The second-order valence-electron chi connectivity index (χ2n) is 4.69. The highest BCUT2D eigenvalue weighted by Crippen LogP contribution is 2.24. The van der Waals surface area contributed by atoms with E-state index in [0.29, 0.717) is 11.7 Å². The molecule has 3 heterocycles. The van der Waals surface area contributed by atoms with Crippen molar-refractivity contribution in [3.63, 3.8) is 0 Å². The number of rotatable bonds is 2. The van der Waals surface area contributed by atoms with E-state index in [-0.39, 0.29) is 12.1 Å². The maximum Gasteiger partial charge on any atom is 0.244 e. The minimum Gasteiger partial charge on any atom is -0.367 e. The van der Waals surface area contributed by atoms with Gasteiger partial charge in [-0.3, -0.25) is 0 Å². The summed E-state index contributed by atoms with van der Waals surface area (Å²) in [6.07, 6.45) is -0.0579. The Morgan fingerprint density at radius 2 is 2.44 bits per heavy atom. The number of morpholine rings is 1. The summed E-state index contributed by atoms with van der Waals surface area (Å²) in [6.45, 7) is 3.51. The van der Waals surface area contributed by atoms with E-state index in [4.69, 9.17) is 9.26 Å². The fraction of sp³-hybridized carbons (Fsp3) is 0.818. The maximum atomic E-state index is 5.68. The van der Waals surface area contributed by atoms with Gasteiger partial charge in [0.25, 0.3) is 0 Å². The van der Waals surface area contributed by atoms with Gasteiger partial charge in [0.1, 0.15) is 6.10 Å². The summed E-state index contributed by atoms with van der Waals surface area (Å²) >= 11 is 1.91. The average Bonchev–Trinajstić information content (AvgIpc) is 2.89. The average molecular weight is 270 g/mol. The lowest BCUT2D eigenvalue weighted by Gasteiger charge is -2.27. The van der Waals surface area contributed by atoms with Gasteiger partial charge < -0.3 is 19.5 Å². The number of thioether (sulfide) groups is 1. The van der Waals surface area contributed by atoms with Gasteiger partial charge in [0.2, 0.25) is 11.7 Å². The fourth-order valence-electron chi connectivity index (χ4n) is 2.18. The fourth-order valence-corrected chi connectivity index (χ4v) is 3.10. The van der Waals surface area contributed by atoms with Crippen molar-refractivity contribution >= 4 is 11.8 Å². The molecule has 2 atom stereocenters. The van der Waals surface area contributed by atoms with Crippen LogP contribution >= 0.6 is 11.8 Å². The summed E-state index contributed by atoms with van der Waals surface area (Å²) in [5, 5.41) is 7.45. The van der Waals surface area contributed by atoms with E-state index in [1.54, 1.807) is 0 Å². The first-order valence-electron chi connectivity index (χ1n) is 6.27. The largest absolute Gasteiger partial charge is 0.367 e.